The van der Waals surface area contributed by atoms with E-state index in [1.807, 2.05) is 29.6 Å². The summed E-state index contributed by atoms with van der Waals surface area (Å²) in [5.74, 6) is 2.23. The molecule has 8 heteroatoms. The molecule has 0 radical (unpaired) electrons. The van der Waals surface area contributed by atoms with E-state index in [9.17, 15) is 4.79 Å². The Hall–Kier alpha value is -2.16. The molecule has 0 unspecified atom stereocenters. The highest BCUT2D eigenvalue weighted by Crippen LogP contribution is 2.29. The van der Waals surface area contributed by atoms with Crippen molar-refractivity contribution >= 4 is 28.9 Å². The fourth-order valence-corrected chi connectivity index (χ4v) is 4.79. The van der Waals surface area contributed by atoms with Crippen LogP contribution in [0.2, 0.25) is 0 Å². The zero-order valence-electron chi connectivity index (χ0n) is 16.2. The lowest BCUT2D eigenvalue weighted by atomic mass is 10.1. The highest BCUT2D eigenvalue weighted by molar-refractivity contribution is 7.99. The van der Waals surface area contributed by atoms with Gasteiger partial charge in [0.1, 0.15) is 5.75 Å². The summed E-state index contributed by atoms with van der Waals surface area (Å²) in [6.07, 6.45) is 2.38. The number of thioether (sulfide) groups is 1. The predicted octanol–water partition coefficient (Wildman–Crippen LogP) is 4.56. The number of aromatic nitrogens is 3. The molecule has 2 aromatic heterocycles. The minimum Gasteiger partial charge on any atom is -0.492 e. The summed E-state index contributed by atoms with van der Waals surface area (Å²) in [5, 5.41) is 11.8. The van der Waals surface area contributed by atoms with E-state index in [0.29, 0.717) is 23.7 Å². The SMILES string of the molecule is CC(=O)c1ccccc1OCCSc1nnc(-c2cccs2)n1C[C@@H]1CCCO1. The molecule has 0 N–H and O–H groups in total. The smallest absolute Gasteiger partial charge is 0.191 e. The molecule has 0 aliphatic carbocycles. The van der Waals surface area contributed by atoms with E-state index in [0.717, 1.165) is 41.9 Å². The van der Waals surface area contributed by atoms with Crippen molar-refractivity contribution in [1.82, 2.24) is 14.8 Å². The Morgan fingerprint density at radius 1 is 1.31 bits per heavy atom. The zero-order chi connectivity index (χ0) is 20.1. The molecule has 3 aromatic rings. The second-order valence-electron chi connectivity index (χ2n) is 6.78. The lowest BCUT2D eigenvalue weighted by Crippen LogP contribution is -2.16. The predicted molar refractivity (Wildman–Crippen MR) is 115 cm³/mol. The van der Waals surface area contributed by atoms with Crippen LogP contribution in [-0.4, -0.2) is 45.6 Å². The van der Waals surface area contributed by atoms with Crippen molar-refractivity contribution in [2.75, 3.05) is 19.0 Å². The molecule has 1 atom stereocenters. The summed E-state index contributed by atoms with van der Waals surface area (Å²) in [5.41, 5.74) is 0.610. The van der Waals surface area contributed by atoms with Gasteiger partial charge in [-0.15, -0.1) is 21.5 Å². The van der Waals surface area contributed by atoms with Gasteiger partial charge in [0.2, 0.25) is 0 Å². The minimum absolute atomic E-state index is 0.00477. The minimum atomic E-state index is 0.00477. The summed E-state index contributed by atoms with van der Waals surface area (Å²) in [4.78, 5) is 12.8. The number of nitrogens with zero attached hydrogens (tertiary/aromatic N) is 3. The van der Waals surface area contributed by atoms with E-state index in [1.54, 1.807) is 36.1 Å². The van der Waals surface area contributed by atoms with Gasteiger partial charge >= 0.3 is 0 Å². The Labute approximate surface area is 178 Å². The Balaban J connectivity index is 1.42. The second-order valence-corrected chi connectivity index (χ2v) is 8.79. The number of rotatable bonds is 9. The van der Waals surface area contributed by atoms with Crippen molar-refractivity contribution in [3.8, 4) is 16.5 Å². The van der Waals surface area contributed by atoms with Gasteiger partial charge in [-0.05, 0) is 43.3 Å². The molecular formula is C21H23N3O3S2. The van der Waals surface area contributed by atoms with E-state index < -0.39 is 0 Å². The molecule has 1 saturated heterocycles. The molecule has 0 amide bonds. The summed E-state index contributed by atoms with van der Waals surface area (Å²) in [6, 6.07) is 11.4. The monoisotopic (exact) mass is 429 g/mol. The van der Waals surface area contributed by atoms with E-state index in [2.05, 4.69) is 20.8 Å². The van der Waals surface area contributed by atoms with Crippen LogP contribution in [0.3, 0.4) is 0 Å². The van der Waals surface area contributed by atoms with Gasteiger partial charge in [0, 0.05) is 12.4 Å². The molecule has 3 heterocycles. The lowest BCUT2D eigenvalue weighted by molar-refractivity contribution is 0.0953. The van der Waals surface area contributed by atoms with Crippen LogP contribution < -0.4 is 4.74 Å². The zero-order valence-corrected chi connectivity index (χ0v) is 17.9. The number of hydrogen-bond donors (Lipinski definition) is 0. The van der Waals surface area contributed by atoms with Crippen molar-refractivity contribution < 1.29 is 14.3 Å². The third-order valence-corrected chi connectivity index (χ3v) is 6.50. The number of benzene rings is 1. The highest BCUT2D eigenvalue weighted by Gasteiger charge is 2.22. The van der Waals surface area contributed by atoms with Crippen LogP contribution in [0, 0.1) is 0 Å². The van der Waals surface area contributed by atoms with Gasteiger partial charge in [-0.2, -0.15) is 0 Å². The van der Waals surface area contributed by atoms with Crippen LogP contribution in [0.1, 0.15) is 30.1 Å². The van der Waals surface area contributed by atoms with Crippen molar-refractivity contribution in [3.63, 3.8) is 0 Å². The van der Waals surface area contributed by atoms with Crippen LogP contribution in [-0.2, 0) is 11.3 Å². The number of hydrogen-bond acceptors (Lipinski definition) is 7. The number of para-hydroxylation sites is 1. The standard InChI is InChI=1S/C21H23N3O3S2/c1-15(25)17-7-2-3-8-18(17)27-11-13-29-21-23-22-20(19-9-5-12-28-19)24(21)14-16-6-4-10-26-16/h2-3,5,7-9,12,16H,4,6,10-11,13-14H2,1H3/t16-/m0/s1. The molecule has 1 aliphatic heterocycles. The fourth-order valence-electron chi connectivity index (χ4n) is 3.31. The Morgan fingerprint density at radius 3 is 2.97 bits per heavy atom. The molecule has 1 fully saturated rings. The average Bonchev–Trinajstić information content (AvgIpc) is 3.48. The first-order chi connectivity index (χ1) is 14.2. The largest absolute Gasteiger partial charge is 0.492 e. The van der Waals surface area contributed by atoms with Crippen LogP contribution >= 0.6 is 23.1 Å². The van der Waals surface area contributed by atoms with Crippen LogP contribution in [0.15, 0.2) is 46.9 Å². The summed E-state index contributed by atoms with van der Waals surface area (Å²) in [7, 11) is 0. The Kier molecular flexibility index (Phi) is 6.63. The maximum atomic E-state index is 11.7. The molecule has 1 aliphatic rings. The quantitative estimate of drug-likeness (QED) is 0.282. The molecule has 0 spiro atoms. The van der Waals surface area contributed by atoms with Crippen LogP contribution in [0.25, 0.3) is 10.7 Å². The van der Waals surface area contributed by atoms with E-state index in [-0.39, 0.29) is 11.9 Å². The molecule has 0 saturated carbocycles. The number of thiophene rings is 1. The maximum absolute atomic E-state index is 11.7. The molecule has 6 nitrogen and oxygen atoms in total. The Bertz CT molecular complexity index is 950. The van der Waals surface area contributed by atoms with Crippen molar-refractivity contribution in [2.24, 2.45) is 0 Å². The number of carbonyl (C=O) groups is 1. The normalized spacial score (nSPS) is 16.2. The van der Waals surface area contributed by atoms with Crippen molar-refractivity contribution in [2.45, 2.75) is 37.6 Å². The van der Waals surface area contributed by atoms with Crippen molar-refractivity contribution in [3.05, 3.63) is 47.3 Å². The summed E-state index contributed by atoms with van der Waals surface area (Å²) < 4.78 is 13.8. The molecule has 0 bridgehead atoms. The van der Waals surface area contributed by atoms with Gasteiger partial charge in [0.05, 0.1) is 29.7 Å². The average molecular weight is 430 g/mol. The van der Waals surface area contributed by atoms with Gasteiger partial charge in [0.15, 0.2) is 16.8 Å². The number of carbonyl (C=O) groups excluding carboxylic acids is 1. The molecule has 4 rings (SSSR count). The molecule has 1 aromatic carbocycles. The van der Waals surface area contributed by atoms with Gasteiger partial charge in [-0.1, -0.05) is 30.0 Å². The third-order valence-electron chi connectivity index (χ3n) is 4.71. The number of ether oxygens (including phenoxy) is 2. The van der Waals surface area contributed by atoms with Gasteiger partial charge in [0.25, 0.3) is 0 Å². The lowest BCUT2D eigenvalue weighted by Gasteiger charge is -2.14. The summed E-state index contributed by atoms with van der Waals surface area (Å²) in [6.45, 7) is 3.62. The maximum Gasteiger partial charge on any atom is 0.191 e. The number of Topliss-reactive ketones (excluding diaryl/α,β-unsaturated/α-hetero) is 1. The summed E-state index contributed by atoms with van der Waals surface area (Å²) >= 11 is 3.27. The van der Waals surface area contributed by atoms with Crippen LogP contribution in [0.5, 0.6) is 5.75 Å². The first-order valence-electron chi connectivity index (χ1n) is 9.66. The van der Waals surface area contributed by atoms with Gasteiger partial charge in [-0.25, -0.2) is 0 Å². The third kappa shape index (κ3) is 4.88. The van der Waals surface area contributed by atoms with Crippen LogP contribution in [0.4, 0.5) is 0 Å². The first-order valence-corrected chi connectivity index (χ1v) is 11.5. The van der Waals surface area contributed by atoms with Gasteiger partial charge in [-0.3, -0.25) is 9.36 Å². The first kappa shape index (κ1) is 20.1. The topological polar surface area (TPSA) is 66.2 Å². The van der Waals surface area contributed by atoms with Gasteiger partial charge < -0.3 is 9.47 Å². The molecular weight excluding hydrogens is 406 g/mol. The molecule has 152 valence electrons. The fraction of sp³-hybridized carbons (Fsp3) is 0.381. The number of ketones is 1. The van der Waals surface area contributed by atoms with E-state index >= 15 is 0 Å². The Morgan fingerprint density at radius 2 is 2.21 bits per heavy atom. The van der Waals surface area contributed by atoms with E-state index in [4.69, 9.17) is 9.47 Å². The second kappa shape index (κ2) is 9.56. The van der Waals surface area contributed by atoms with Crippen molar-refractivity contribution in [1.29, 1.82) is 0 Å². The molecule has 29 heavy (non-hydrogen) atoms. The van der Waals surface area contributed by atoms with E-state index in [1.165, 1.54) is 0 Å². The highest BCUT2D eigenvalue weighted by atomic mass is 32.2.